The lowest BCUT2D eigenvalue weighted by atomic mass is 9.85. The Labute approximate surface area is 159 Å². The summed E-state index contributed by atoms with van der Waals surface area (Å²) in [6.07, 6.45) is 2.12. The first-order valence-electron chi connectivity index (χ1n) is 9.67. The van der Waals surface area contributed by atoms with Gasteiger partial charge in [-0.05, 0) is 66.8 Å². The van der Waals surface area contributed by atoms with Crippen LogP contribution in [0.4, 0.5) is 0 Å². The maximum atomic E-state index is 12.2. The second kappa shape index (κ2) is 8.53. The number of hydrogen-bond acceptors (Lipinski definition) is 1. The van der Waals surface area contributed by atoms with Crippen molar-refractivity contribution in [3.63, 3.8) is 0 Å². The van der Waals surface area contributed by atoms with Gasteiger partial charge in [-0.25, -0.2) is 0 Å². The van der Waals surface area contributed by atoms with E-state index in [2.05, 4.69) is 63.3 Å². The summed E-state index contributed by atoms with van der Waals surface area (Å²) in [5.41, 5.74) is 4.93. The molecule has 0 aliphatic heterocycles. The monoisotopic (exact) mass is 351 g/mol. The zero-order chi connectivity index (χ0) is 19.3. The van der Waals surface area contributed by atoms with E-state index < -0.39 is 0 Å². The van der Waals surface area contributed by atoms with Gasteiger partial charge >= 0.3 is 0 Å². The van der Waals surface area contributed by atoms with E-state index in [-0.39, 0.29) is 17.4 Å². The summed E-state index contributed by atoms with van der Waals surface area (Å²) in [5.74, 6) is 0.423. The fourth-order valence-corrected chi connectivity index (χ4v) is 3.08. The maximum absolute atomic E-state index is 12.2. The van der Waals surface area contributed by atoms with Crippen LogP contribution in [-0.4, -0.2) is 11.9 Å². The average molecular weight is 352 g/mol. The lowest BCUT2D eigenvalue weighted by molar-refractivity contribution is 0.0943. The smallest absolute Gasteiger partial charge is 0.251 e. The number of hydrogen-bond donors (Lipinski definition) is 1. The number of carbonyl (C=O) groups is 1. The fraction of sp³-hybridized carbons (Fsp3) is 0.458. The van der Waals surface area contributed by atoms with Crippen LogP contribution < -0.4 is 5.32 Å². The molecule has 1 unspecified atom stereocenters. The minimum atomic E-state index is 0.00642. The Balaban J connectivity index is 2.04. The lowest BCUT2D eigenvalue weighted by Crippen LogP contribution is -2.30. The molecule has 0 saturated heterocycles. The summed E-state index contributed by atoms with van der Waals surface area (Å²) in [4.78, 5) is 12.2. The molecule has 2 rings (SSSR count). The van der Waals surface area contributed by atoms with Crippen LogP contribution in [0.15, 0.2) is 48.5 Å². The maximum Gasteiger partial charge on any atom is 0.251 e. The number of rotatable bonds is 6. The van der Waals surface area contributed by atoms with Gasteiger partial charge in [0.2, 0.25) is 0 Å². The average Bonchev–Trinajstić information content (AvgIpc) is 2.58. The summed E-state index contributed by atoms with van der Waals surface area (Å²) < 4.78 is 0. The molecule has 140 valence electrons. The Kier molecular flexibility index (Phi) is 6.63. The molecule has 1 N–H and O–H groups in total. The summed E-state index contributed by atoms with van der Waals surface area (Å²) in [6.45, 7) is 13.0. The number of nitrogens with one attached hydrogen (secondary N) is 1. The van der Waals surface area contributed by atoms with Crippen molar-refractivity contribution in [1.29, 1.82) is 0 Å². The van der Waals surface area contributed by atoms with E-state index in [9.17, 15) is 4.79 Å². The zero-order valence-corrected chi connectivity index (χ0v) is 17.1. The van der Waals surface area contributed by atoms with E-state index in [0.29, 0.717) is 5.92 Å². The molecule has 2 heteroatoms. The molecular formula is C24H33NO. The molecule has 0 bridgehead atoms. The third-order valence-electron chi connectivity index (χ3n) is 4.80. The molecule has 0 spiro atoms. The van der Waals surface area contributed by atoms with Crippen LogP contribution in [0.3, 0.4) is 0 Å². The minimum absolute atomic E-state index is 0.00642. The Morgan fingerprint density at radius 1 is 1.00 bits per heavy atom. The number of aryl methyl sites for hydroxylation is 1. The number of amides is 1. The second-order valence-corrected chi connectivity index (χ2v) is 8.64. The van der Waals surface area contributed by atoms with Crippen molar-refractivity contribution in [2.75, 3.05) is 0 Å². The van der Waals surface area contributed by atoms with Gasteiger partial charge in [-0.3, -0.25) is 4.79 Å². The normalized spacial score (nSPS) is 12.9. The Morgan fingerprint density at radius 2 is 1.69 bits per heavy atom. The molecule has 0 fully saturated rings. The van der Waals surface area contributed by atoms with Crippen LogP contribution in [0.25, 0.3) is 0 Å². The zero-order valence-electron chi connectivity index (χ0n) is 17.1. The molecule has 26 heavy (non-hydrogen) atoms. The lowest BCUT2D eigenvalue weighted by Gasteiger charge is -2.20. The minimum Gasteiger partial charge on any atom is -0.350 e. The topological polar surface area (TPSA) is 29.1 Å². The highest BCUT2D eigenvalue weighted by Crippen LogP contribution is 2.26. The second-order valence-electron chi connectivity index (χ2n) is 8.64. The number of benzene rings is 2. The highest BCUT2D eigenvalue weighted by atomic mass is 16.1. The van der Waals surface area contributed by atoms with Gasteiger partial charge < -0.3 is 5.32 Å². The third kappa shape index (κ3) is 5.72. The largest absolute Gasteiger partial charge is 0.350 e. The standard InChI is InChI=1S/C24H33NO/c1-17(2)25-23(26)21-11-8-10-20(16-21)18(3)13-14-19-9-7-12-22(15-19)24(4,5)6/h7-12,15-18H,13-14H2,1-6H3,(H,25,26). The van der Waals surface area contributed by atoms with Crippen molar-refractivity contribution in [2.24, 2.45) is 0 Å². The van der Waals surface area contributed by atoms with Gasteiger partial charge in [-0.2, -0.15) is 0 Å². The molecule has 1 atom stereocenters. The Bertz CT molecular complexity index is 740. The van der Waals surface area contributed by atoms with E-state index in [1.807, 2.05) is 32.0 Å². The molecule has 2 nitrogen and oxygen atoms in total. The Morgan fingerprint density at radius 3 is 2.35 bits per heavy atom. The van der Waals surface area contributed by atoms with Crippen LogP contribution in [0, 0.1) is 0 Å². The highest BCUT2D eigenvalue weighted by Gasteiger charge is 2.14. The molecule has 2 aromatic rings. The van der Waals surface area contributed by atoms with Crippen LogP contribution in [-0.2, 0) is 11.8 Å². The molecule has 0 saturated carbocycles. The summed E-state index contributed by atoms with van der Waals surface area (Å²) in [5, 5.41) is 2.96. The van der Waals surface area contributed by atoms with Crippen LogP contribution in [0.2, 0.25) is 0 Å². The van der Waals surface area contributed by atoms with E-state index in [0.717, 1.165) is 18.4 Å². The first kappa shape index (κ1) is 20.2. The van der Waals surface area contributed by atoms with Gasteiger partial charge in [-0.15, -0.1) is 0 Å². The molecule has 0 heterocycles. The molecule has 1 amide bonds. The highest BCUT2D eigenvalue weighted by molar-refractivity contribution is 5.94. The van der Waals surface area contributed by atoms with Gasteiger partial charge in [0, 0.05) is 11.6 Å². The third-order valence-corrected chi connectivity index (χ3v) is 4.80. The molecule has 0 radical (unpaired) electrons. The van der Waals surface area contributed by atoms with Gasteiger partial charge in [0.15, 0.2) is 0 Å². The van der Waals surface area contributed by atoms with Crippen molar-refractivity contribution in [3.05, 3.63) is 70.8 Å². The van der Waals surface area contributed by atoms with E-state index in [1.54, 1.807) is 0 Å². The first-order valence-corrected chi connectivity index (χ1v) is 9.67. The predicted molar refractivity (Wildman–Crippen MR) is 111 cm³/mol. The summed E-state index contributed by atoms with van der Waals surface area (Å²) in [7, 11) is 0. The SMILES string of the molecule is CC(C)NC(=O)c1cccc(C(C)CCc2cccc(C(C)(C)C)c2)c1. The predicted octanol–water partition coefficient (Wildman–Crippen LogP) is 5.86. The van der Waals surface area contributed by atoms with Crippen LogP contribution >= 0.6 is 0 Å². The molecule has 0 aromatic heterocycles. The molecule has 0 aliphatic rings. The van der Waals surface area contributed by atoms with Crippen LogP contribution in [0.5, 0.6) is 0 Å². The first-order chi connectivity index (χ1) is 12.2. The summed E-state index contributed by atoms with van der Waals surface area (Å²) >= 11 is 0. The Hall–Kier alpha value is -2.09. The molecule has 2 aromatic carbocycles. The van der Waals surface area contributed by atoms with Crippen molar-refractivity contribution in [3.8, 4) is 0 Å². The van der Waals surface area contributed by atoms with Crippen molar-refractivity contribution >= 4 is 5.91 Å². The summed E-state index contributed by atoms with van der Waals surface area (Å²) in [6, 6.07) is 17.1. The van der Waals surface area contributed by atoms with Gasteiger partial charge in [0.25, 0.3) is 5.91 Å². The van der Waals surface area contributed by atoms with Gasteiger partial charge in [0.1, 0.15) is 0 Å². The van der Waals surface area contributed by atoms with E-state index in [1.165, 1.54) is 16.7 Å². The van der Waals surface area contributed by atoms with Crippen molar-refractivity contribution in [2.45, 2.75) is 71.8 Å². The van der Waals surface area contributed by atoms with E-state index >= 15 is 0 Å². The van der Waals surface area contributed by atoms with Gasteiger partial charge in [0.05, 0.1) is 0 Å². The quantitative estimate of drug-likeness (QED) is 0.694. The van der Waals surface area contributed by atoms with E-state index in [4.69, 9.17) is 0 Å². The van der Waals surface area contributed by atoms with Gasteiger partial charge in [-0.1, -0.05) is 64.1 Å². The molecule has 0 aliphatic carbocycles. The van der Waals surface area contributed by atoms with Crippen LogP contribution in [0.1, 0.15) is 80.9 Å². The molecular weight excluding hydrogens is 318 g/mol. The van der Waals surface area contributed by atoms with Crippen molar-refractivity contribution < 1.29 is 4.79 Å². The fourth-order valence-electron chi connectivity index (χ4n) is 3.08. The van der Waals surface area contributed by atoms with Crippen molar-refractivity contribution in [1.82, 2.24) is 5.32 Å². The number of carbonyl (C=O) groups excluding carboxylic acids is 1.